The molecule has 0 fully saturated rings. The molecule has 6 heteroatoms. The average Bonchev–Trinajstić information content (AvgIpc) is 2.61. The second-order valence-electron chi connectivity index (χ2n) is 5.69. The van der Waals surface area contributed by atoms with Crippen LogP contribution in [0.25, 0.3) is 0 Å². The zero-order valence-corrected chi connectivity index (χ0v) is 16.2. The van der Waals surface area contributed by atoms with E-state index in [0.29, 0.717) is 22.8 Å². The van der Waals surface area contributed by atoms with Crippen LogP contribution in [0.2, 0.25) is 0 Å². The van der Waals surface area contributed by atoms with Crippen molar-refractivity contribution in [2.24, 2.45) is 0 Å². The number of hydrogen-bond acceptors (Lipinski definition) is 4. The first-order valence-electron chi connectivity index (χ1n) is 8.52. The molecular formula is C18H28O4S2. The van der Waals surface area contributed by atoms with Crippen molar-refractivity contribution >= 4 is 27.6 Å². The molecule has 0 saturated heterocycles. The molecule has 3 atom stereocenters. The van der Waals surface area contributed by atoms with Gasteiger partial charge in [0.25, 0.3) is 0 Å². The van der Waals surface area contributed by atoms with Crippen LogP contribution in [0.15, 0.2) is 30.3 Å². The number of rotatable bonds is 12. The molecule has 0 spiro atoms. The van der Waals surface area contributed by atoms with Gasteiger partial charge in [0.2, 0.25) is 0 Å². The number of carbonyl (C=O) groups is 1. The second-order valence-corrected chi connectivity index (χ2v) is 9.15. The summed E-state index contributed by atoms with van der Waals surface area (Å²) >= 11 is 0. The van der Waals surface area contributed by atoms with Crippen LogP contribution >= 0.6 is 0 Å². The van der Waals surface area contributed by atoms with Crippen LogP contribution in [-0.2, 0) is 26.3 Å². The fraction of sp³-hybridized carbons (Fsp3) is 0.611. The standard InChI is InChI=1S/C18H28O4S2/c1-3-5-12-23(20)15-17(24(21)13-6-4-2)14-22-18(19)16-10-8-7-9-11-16/h7-11,17H,3-6,12-15H2,1-2H3. The van der Waals surface area contributed by atoms with Gasteiger partial charge in [0.1, 0.15) is 6.61 Å². The van der Waals surface area contributed by atoms with Gasteiger partial charge in [-0.05, 0) is 25.0 Å². The Morgan fingerprint density at radius 3 is 2.29 bits per heavy atom. The first kappa shape index (κ1) is 21.0. The summed E-state index contributed by atoms with van der Waals surface area (Å²) in [5.74, 6) is 1.09. The summed E-state index contributed by atoms with van der Waals surface area (Å²) in [6, 6.07) is 8.74. The topological polar surface area (TPSA) is 60.4 Å². The minimum absolute atomic E-state index is 0.0575. The van der Waals surface area contributed by atoms with Crippen molar-refractivity contribution in [1.82, 2.24) is 0 Å². The molecule has 0 aliphatic carbocycles. The third-order valence-electron chi connectivity index (χ3n) is 3.58. The van der Waals surface area contributed by atoms with Gasteiger partial charge in [-0.3, -0.25) is 8.42 Å². The quantitative estimate of drug-likeness (QED) is 0.528. The lowest BCUT2D eigenvalue weighted by molar-refractivity contribution is 0.0510. The highest BCUT2D eigenvalue weighted by molar-refractivity contribution is 7.89. The SMILES string of the molecule is CCCCS(=O)CC(COC(=O)c1ccccc1)S(=O)CCCC. The molecular weight excluding hydrogens is 344 g/mol. The smallest absolute Gasteiger partial charge is 0.338 e. The number of unbranched alkanes of at least 4 members (excludes halogenated alkanes) is 2. The number of esters is 1. The Hall–Kier alpha value is -1.01. The van der Waals surface area contributed by atoms with E-state index in [1.54, 1.807) is 24.3 Å². The second kappa shape index (κ2) is 12.4. The summed E-state index contributed by atoms with van der Waals surface area (Å²) < 4.78 is 29.9. The Morgan fingerprint density at radius 1 is 1.04 bits per heavy atom. The van der Waals surface area contributed by atoms with Gasteiger partial charge in [-0.2, -0.15) is 0 Å². The summed E-state index contributed by atoms with van der Waals surface area (Å²) in [6.07, 6.45) is 3.70. The van der Waals surface area contributed by atoms with E-state index in [1.807, 2.05) is 13.0 Å². The van der Waals surface area contributed by atoms with E-state index in [0.717, 1.165) is 25.7 Å². The Morgan fingerprint density at radius 2 is 1.67 bits per heavy atom. The van der Waals surface area contributed by atoms with Gasteiger partial charge in [-0.1, -0.05) is 44.9 Å². The molecule has 0 saturated carbocycles. The Kier molecular flexibility index (Phi) is 10.8. The molecule has 4 nitrogen and oxygen atoms in total. The van der Waals surface area contributed by atoms with Crippen molar-refractivity contribution in [2.45, 2.75) is 44.8 Å². The molecule has 0 radical (unpaired) electrons. The molecule has 1 rings (SSSR count). The molecule has 0 aromatic heterocycles. The lowest BCUT2D eigenvalue weighted by Crippen LogP contribution is -2.31. The average molecular weight is 373 g/mol. The maximum atomic E-state index is 12.4. The zero-order valence-electron chi connectivity index (χ0n) is 14.6. The third-order valence-corrected chi connectivity index (χ3v) is 7.04. The summed E-state index contributed by atoms with van der Waals surface area (Å²) in [7, 11) is -2.15. The Bertz CT molecular complexity index is 531. The van der Waals surface area contributed by atoms with E-state index in [4.69, 9.17) is 4.74 Å². The van der Waals surface area contributed by atoms with Crippen LogP contribution in [-0.4, -0.2) is 43.5 Å². The summed E-state index contributed by atoms with van der Waals surface area (Å²) in [5, 5.41) is -0.359. The maximum Gasteiger partial charge on any atom is 0.338 e. The van der Waals surface area contributed by atoms with Gasteiger partial charge in [0, 0.05) is 38.9 Å². The Balaban J connectivity index is 2.61. The number of carbonyl (C=O) groups excluding carboxylic acids is 1. The highest BCUT2D eigenvalue weighted by Crippen LogP contribution is 2.08. The van der Waals surface area contributed by atoms with Gasteiger partial charge in [0.15, 0.2) is 0 Å². The Labute approximate surface area is 150 Å². The predicted molar refractivity (Wildman–Crippen MR) is 101 cm³/mol. The van der Waals surface area contributed by atoms with Gasteiger partial charge < -0.3 is 4.74 Å². The number of ether oxygens (including phenoxy) is 1. The van der Waals surface area contributed by atoms with Crippen LogP contribution in [0.3, 0.4) is 0 Å². The van der Waals surface area contributed by atoms with Gasteiger partial charge in [0.05, 0.1) is 10.8 Å². The van der Waals surface area contributed by atoms with E-state index >= 15 is 0 Å². The molecule has 1 aromatic rings. The monoisotopic (exact) mass is 372 g/mol. The van der Waals surface area contributed by atoms with Crippen molar-refractivity contribution in [2.75, 3.05) is 23.9 Å². The molecule has 0 aliphatic heterocycles. The zero-order chi connectivity index (χ0) is 17.8. The van der Waals surface area contributed by atoms with E-state index in [2.05, 4.69) is 6.92 Å². The first-order valence-corrected chi connectivity index (χ1v) is 11.4. The first-order chi connectivity index (χ1) is 11.6. The van der Waals surface area contributed by atoms with Crippen LogP contribution in [0, 0.1) is 0 Å². The number of hydrogen-bond donors (Lipinski definition) is 0. The molecule has 0 N–H and O–H groups in total. The molecule has 1 aromatic carbocycles. The van der Waals surface area contributed by atoms with Crippen LogP contribution < -0.4 is 0 Å². The highest BCUT2D eigenvalue weighted by Gasteiger charge is 2.21. The summed E-state index contributed by atoms with van der Waals surface area (Å²) in [5.41, 5.74) is 0.475. The van der Waals surface area contributed by atoms with Crippen LogP contribution in [0.1, 0.15) is 49.9 Å². The fourth-order valence-electron chi connectivity index (χ4n) is 2.08. The number of benzene rings is 1. The molecule has 136 valence electrons. The lowest BCUT2D eigenvalue weighted by atomic mass is 10.2. The van der Waals surface area contributed by atoms with E-state index in [9.17, 15) is 13.2 Å². The van der Waals surface area contributed by atoms with E-state index < -0.39 is 27.6 Å². The van der Waals surface area contributed by atoms with Crippen molar-refractivity contribution in [3.63, 3.8) is 0 Å². The summed E-state index contributed by atoms with van der Waals surface area (Å²) in [4.78, 5) is 12.0. The highest BCUT2D eigenvalue weighted by atomic mass is 32.2. The van der Waals surface area contributed by atoms with Crippen molar-refractivity contribution < 1.29 is 17.9 Å². The van der Waals surface area contributed by atoms with E-state index in [1.165, 1.54) is 0 Å². The third kappa shape index (κ3) is 8.20. The molecule has 3 unspecified atom stereocenters. The normalized spacial score (nSPS) is 14.8. The largest absolute Gasteiger partial charge is 0.461 e. The van der Waals surface area contributed by atoms with Crippen LogP contribution in [0.4, 0.5) is 0 Å². The minimum atomic E-state index is -1.13. The van der Waals surface area contributed by atoms with Crippen molar-refractivity contribution in [1.29, 1.82) is 0 Å². The molecule has 0 heterocycles. The molecule has 0 aliphatic rings. The molecule has 0 amide bonds. The van der Waals surface area contributed by atoms with Crippen molar-refractivity contribution in [3.8, 4) is 0 Å². The van der Waals surface area contributed by atoms with E-state index in [-0.39, 0.29) is 11.9 Å². The van der Waals surface area contributed by atoms with Crippen LogP contribution in [0.5, 0.6) is 0 Å². The van der Waals surface area contributed by atoms with Crippen molar-refractivity contribution in [3.05, 3.63) is 35.9 Å². The molecule has 0 bridgehead atoms. The molecule has 24 heavy (non-hydrogen) atoms. The predicted octanol–water partition coefficient (Wildman–Crippen LogP) is 3.31. The lowest BCUT2D eigenvalue weighted by Gasteiger charge is -2.16. The van der Waals surface area contributed by atoms with Gasteiger partial charge in [-0.25, -0.2) is 4.79 Å². The van der Waals surface area contributed by atoms with Gasteiger partial charge >= 0.3 is 5.97 Å². The fourth-order valence-corrected chi connectivity index (χ4v) is 5.55. The minimum Gasteiger partial charge on any atom is -0.461 e. The van der Waals surface area contributed by atoms with Gasteiger partial charge in [-0.15, -0.1) is 0 Å². The maximum absolute atomic E-state index is 12.4. The summed E-state index contributed by atoms with van der Waals surface area (Å²) in [6.45, 7) is 4.15.